The first kappa shape index (κ1) is 15.4. The molecule has 1 aromatic heterocycles. The van der Waals surface area contributed by atoms with Crippen molar-refractivity contribution in [3.8, 4) is 0 Å². The number of carbonyl (C=O) groups excluding carboxylic acids is 1. The summed E-state index contributed by atoms with van der Waals surface area (Å²) in [4.78, 5) is 21.5. The third-order valence-electron chi connectivity index (χ3n) is 2.49. The third-order valence-corrected chi connectivity index (χ3v) is 2.49. The van der Waals surface area contributed by atoms with E-state index in [1.807, 2.05) is 11.8 Å². The van der Waals surface area contributed by atoms with Crippen LogP contribution < -0.4 is 16.0 Å². The number of anilines is 1. The maximum absolute atomic E-state index is 11.1. The first-order valence-electron chi connectivity index (χ1n) is 6.57. The smallest absolute Gasteiger partial charge is 0.237 e. The van der Waals surface area contributed by atoms with Crippen molar-refractivity contribution in [1.29, 1.82) is 0 Å². The Morgan fingerprint density at radius 2 is 2.05 bits per heavy atom. The van der Waals surface area contributed by atoms with Crippen LogP contribution in [-0.4, -0.2) is 35.5 Å². The minimum absolute atomic E-state index is 0.144. The summed E-state index contributed by atoms with van der Waals surface area (Å²) < 4.78 is 0. The summed E-state index contributed by atoms with van der Waals surface area (Å²) >= 11 is 0. The highest BCUT2D eigenvalue weighted by Gasteiger charge is 2.13. The number of rotatable bonds is 8. The summed E-state index contributed by atoms with van der Waals surface area (Å²) in [5.74, 6) is 0.582. The van der Waals surface area contributed by atoms with E-state index in [1.165, 1.54) is 0 Å². The molecule has 3 N–H and O–H groups in total. The van der Waals surface area contributed by atoms with Gasteiger partial charge in [-0.1, -0.05) is 20.8 Å². The van der Waals surface area contributed by atoms with Crippen molar-refractivity contribution >= 4 is 11.9 Å². The van der Waals surface area contributed by atoms with Crippen LogP contribution in [-0.2, 0) is 11.3 Å². The minimum atomic E-state index is -0.374. The SMILES string of the molecule is CCNCc1cnc(N(CC(N)=O)CC(C)C)nc1. The lowest BCUT2D eigenvalue weighted by Crippen LogP contribution is -2.37. The van der Waals surface area contributed by atoms with Gasteiger partial charge in [-0.15, -0.1) is 0 Å². The zero-order valence-corrected chi connectivity index (χ0v) is 11.9. The van der Waals surface area contributed by atoms with Crippen LogP contribution in [0.2, 0.25) is 0 Å². The van der Waals surface area contributed by atoms with Crippen LogP contribution in [0.15, 0.2) is 12.4 Å². The van der Waals surface area contributed by atoms with Gasteiger partial charge in [-0.05, 0) is 12.5 Å². The van der Waals surface area contributed by atoms with E-state index in [2.05, 4.69) is 29.1 Å². The highest BCUT2D eigenvalue weighted by atomic mass is 16.1. The van der Waals surface area contributed by atoms with Gasteiger partial charge in [0.25, 0.3) is 0 Å². The molecule has 6 nitrogen and oxygen atoms in total. The molecule has 0 saturated heterocycles. The zero-order valence-electron chi connectivity index (χ0n) is 11.9. The molecule has 1 aromatic rings. The monoisotopic (exact) mass is 265 g/mol. The zero-order chi connectivity index (χ0) is 14.3. The molecule has 0 unspecified atom stereocenters. The molecule has 6 heteroatoms. The average Bonchev–Trinajstić information content (AvgIpc) is 2.35. The van der Waals surface area contributed by atoms with Crippen molar-refractivity contribution in [3.05, 3.63) is 18.0 Å². The van der Waals surface area contributed by atoms with E-state index in [0.29, 0.717) is 18.4 Å². The lowest BCUT2D eigenvalue weighted by Gasteiger charge is -2.22. The fourth-order valence-corrected chi connectivity index (χ4v) is 1.72. The Hall–Kier alpha value is -1.69. The Balaban J connectivity index is 2.75. The minimum Gasteiger partial charge on any atom is -0.368 e. The molecule has 0 atom stereocenters. The normalized spacial score (nSPS) is 10.7. The molecule has 1 amide bonds. The maximum atomic E-state index is 11.1. The van der Waals surface area contributed by atoms with Crippen LogP contribution in [0.1, 0.15) is 26.3 Å². The third kappa shape index (κ3) is 5.65. The van der Waals surface area contributed by atoms with E-state index in [1.54, 1.807) is 12.4 Å². The van der Waals surface area contributed by atoms with E-state index in [-0.39, 0.29) is 12.5 Å². The number of aromatic nitrogens is 2. The fourth-order valence-electron chi connectivity index (χ4n) is 1.72. The number of nitrogens with one attached hydrogen (secondary N) is 1. The van der Waals surface area contributed by atoms with Gasteiger partial charge in [-0.3, -0.25) is 4.79 Å². The highest BCUT2D eigenvalue weighted by molar-refractivity contribution is 5.78. The molecule has 0 aromatic carbocycles. The molecule has 1 rings (SSSR count). The second-order valence-corrected chi connectivity index (χ2v) is 4.91. The van der Waals surface area contributed by atoms with Gasteiger partial charge in [0, 0.05) is 31.0 Å². The summed E-state index contributed by atoms with van der Waals surface area (Å²) in [5, 5.41) is 3.21. The Kier molecular flexibility index (Phi) is 6.21. The van der Waals surface area contributed by atoms with Crippen molar-refractivity contribution in [2.24, 2.45) is 11.7 Å². The van der Waals surface area contributed by atoms with Gasteiger partial charge in [0.1, 0.15) is 0 Å². The van der Waals surface area contributed by atoms with Crippen LogP contribution in [0.5, 0.6) is 0 Å². The lowest BCUT2D eigenvalue weighted by molar-refractivity contribution is -0.116. The van der Waals surface area contributed by atoms with Crippen LogP contribution in [0.4, 0.5) is 5.95 Å². The number of nitrogens with zero attached hydrogens (tertiary/aromatic N) is 3. The van der Waals surface area contributed by atoms with Crippen molar-refractivity contribution in [2.45, 2.75) is 27.3 Å². The molecule has 0 aliphatic heterocycles. The average molecular weight is 265 g/mol. The van der Waals surface area contributed by atoms with E-state index in [9.17, 15) is 4.79 Å². The molecule has 0 saturated carbocycles. The molecule has 106 valence electrons. The second-order valence-electron chi connectivity index (χ2n) is 4.91. The number of nitrogens with two attached hydrogens (primary N) is 1. The van der Waals surface area contributed by atoms with Crippen molar-refractivity contribution in [2.75, 3.05) is 24.5 Å². The molecular formula is C13H23N5O. The van der Waals surface area contributed by atoms with Crippen LogP contribution in [0, 0.1) is 5.92 Å². The van der Waals surface area contributed by atoms with Crippen molar-refractivity contribution < 1.29 is 4.79 Å². The summed E-state index contributed by atoms with van der Waals surface area (Å²) in [7, 11) is 0. The largest absolute Gasteiger partial charge is 0.368 e. The molecule has 0 radical (unpaired) electrons. The quantitative estimate of drug-likeness (QED) is 0.716. The van der Waals surface area contributed by atoms with E-state index in [4.69, 9.17) is 5.73 Å². The van der Waals surface area contributed by atoms with Crippen LogP contribution >= 0.6 is 0 Å². The van der Waals surface area contributed by atoms with Gasteiger partial charge in [-0.25, -0.2) is 9.97 Å². The van der Waals surface area contributed by atoms with Crippen molar-refractivity contribution in [3.63, 3.8) is 0 Å². The number of primary amides is 1. The molecule has 0 fully saturated rings. The second kappa shape index (κ2) is 7.68. The molecule has 19 heavy (non-hydrogen) atoms. The standard InChI is InChI=1S/C13H23N5O/c1-4-15-5-11-6-16-13(17-7-11)18(8-10(2)3)9-12(14)19/h6-7,10,15H,4-5,8-9H2,1-3H3,(H2,14,19). The number of hydrogen-bond donors (Lipinski definition) is 2. The number of carbonyl (C=O) groups is 1. The fraction of sp³-hybridized carbons (Fsp3) is 0.615. The van der Waals surface area contributed by atoms with Gasteiger partial charge in [0.2, 0.25) is 11.9 Å². The molecule has 0 aliphatic rings. The van der Waals surface area contributed by atoms with Gasteiger partial charge in [0.15, 0.2) is 0 Å². The lowest BCUT2D eigenvalue weighted by atomic mass is 10.2. The van der Waals surface area contributed by atoms with Gasteiger partial charge >= 0.3 is 0 Å². The molecule has 0 spiro atoms. The van der Waals surface area contributed by atoms with Crippen molar-refractivity contribution in [1.82, 2.24) is 15.3 Å². The molecule has 0 aliphatic carbocycles. The first-order valence-corrected chi connectivity index (χ1v) is 6.57. The number of hydrogen-bond acceptors (Lipinski definition) is 5. The van der Waals surface area contributed by atoms with E-state index >= 15 is 0 Å². The Bertz CT molecular complexity index is 391. The molecule has 0 bridgehead atoms. The topological polar surface area (TPSA) is 84.1 Å². The van der Waals surface area contributed by atoms with Gasteiger partial charge in [-0.2, -0.15) is 0 Å². The number of amides is 1. The summed E-state index contributed by atoms with van der Waals surface area (Å²) in [6.45, 7) is 8.70. The Labute approximate surface area is 114 Å². The molecule has 1 heterocycles. The Morgan fingerprint density at radius 3 is 2.53 bits per heavy atom. The predicted octanol–water partition coefficient (Wildman–Crippen LogP) is 0.534. The first-order chi connectivity index (χ1) is 9.02. The summed E-state index contributed by atoms with van der Waals surface area (Å²) in [5.41, 5.74) is 6.28. The molecular weight excluding hydrogens is 242 g/mol. The van der Waals surface area contributed by atoms with Gasteiger partial charge < -0.3 is 16.0 Å². The van der Waals surface area contributed by atoms with Crippen LogP contribution in [0.25, 0.3) is 0 Å². The maximum Gasteiger partial charge on any atom is 0.237 e. The summed E-state index contributed by atoms with van der Waals surface area (Å²) in [6.07, 6.45) is 3.55. The predicted molar refractivity (Wildman–Crippen MR) is 75.7 cm³/mol. The van der Waals surface area contributed by atoms with E-state index < -0.39 is 0 Å². The van der Waals surface area contributed by atoms with E-state index in [0.717, 1.165) is 18.7 Å². The highest BCUT2D eigenvalue weighted by Crippen LogP contribution is 2.09. The van der Waals surface area contributed by atoms with Gasteiger partial charge in [0.05, 0.1) is 6.54 Å². The Morgan fingerprint density at radius 1 is 1.42 bits per heavy atom. The summed E-state index contributed by atoms with van der Waals surface area (Å²) in [6, 6.07) is 0. The van der Waals surface area contributed by atoms with Crippen LogP contribution in [0.3, 0.4) is 0 Å².